The van der Waals surface area contributed by atoms with Gasteiger partial charge in [-0.15, -0.1) is 0 Å². The van der Waals surface area contributed by atoms with Gasteiger partial charge in [0.2, 0.25) is 0 Å². The first kappa shape index (κ1) is 15.6. The molecule has 0 aromatic carbocycles. The topological polar surface area (TPSA) is 45.2 Å². The van der Waals surface area contributed by atoms with Gasteiger partial charge in [0, 0.05) is 24.3 Å². The van der Waals surface area contributed by atoms with E-state index in [2.05, 4.69) is 10.3 Å². The number of anilines is 1. The number of pyridine rings is 1. The summed E-state index contributed by atoms with van der Waals surface area (Å²) in [6, 6.07) is 2.76. The second-order valence-corrected chi connectivity index (χ2v) is 5.12. The van der Waals surface area contributed by atoms with Crippen LogP contribution in [0.2, 0.25) is 0 Å². The minimum absolute atomic E-state index is 0.252. The van der Waals surface area contributed by atoms with Gasteiger partial charge in [0.1, 0.15) is 12.4 Å². The number of hydrogen-bond acceptors (Lipinski definition) is 3. The smallest absolute Gasteiger partial charge is 0.373 e. The molecule has 1 aliphatic rings. The molecule has 0 aliphatic heterocycles. The number of aryl methyl sites for hydroxylation is 1. The molecule has 1 saturated carbocycles. The lowest BCUT2D eigenvalue weighted by Gasteiger charge is -2.24. The molecule has 1 aliphatic carbocycles. The van der Waals surface area contributed by atoms with E-state index >= 15 is 0 Å². The van der Waals surface area contributed by atoms with E-state index in [1.807, 2.05) is 6.92 Å². The normalized spacial score (nSPS) is 14.9. The average Bonchev–Trinajstić information content (AvgIpc) is 3.27. The second-order valence-electron chi connectivity index (χ2n) is 5.12. The first-order valence-corrected chi connectivity index (χ1v) is 6.90. The molecule has 7 heteroatoms. The lowest BCUT2D eigenvalue weighted by molar-refractivity contribution is -0.141. The Morgan fingerprint density at radius 3 is 2.57 bits per heavy atom. The minimum atomic E-state index is -4.38. The van der Waals surface area contributed by atoms with Gasteiger partial charge in [-0.25, -0.2) is 4.98 Å². The van der Waals surface area contributed by atoms with E-state index in [1.54, 1.807) is 13.1 Å². The highest BCUT2D eigenvalue weighted by atomic mass is 19.4. The molecule has 1 fully saturated rings. The van der Waals surface area contributed by atoms with Crippen LogP contribution in [-0.2, 0) is 6.42 Å². The summed E-state index contributed by atoms with van der Waals surface area (Å²) < 4.78 is 37.9. The Labute approximate surface area is 121 Å². The van der Waals surface area contributed by atoms with Crippen molar-refractivity contribution in [1.29, 1.82) is 0 Å². The van der Waals surface area contributed by atoms with Crippen molar-refractivity contribution in [2.75, 3.05) is 18.9 Å². The molecule has 1 aromatic heterocycles. The van der Waals surface area contributed by atoms with Crippen LogP contribution in [0.5, 0.6) is 0 Å². The van der Waals surface area contributed by atoms with Gasteiger partial charge in [0.05, 0.1) is 0 Å². The van der Waals surface area contributed by atoms with Crippen molar-refractivity contribution in [1.82, 2.24) is 9.88 Å². The number of halogens is 3. The number of alkyl halides is 3. The molecule has 0 unspecified atom stereocenters. The van der Waals surface area contributed by atoms with Crippen LogP contribution >= 0.6 is 0 Å². The van der Waals surface area contributed by atoms with Crippen LogP contribution in [-0.4, -0.2) is 41.6 Å². The molecule has 4 nitrogen and oxygen atoms in total. The molecule has 1 N–H and O–H groups in total. The second kappa shape index (κ2) is 5.91. The van der Waals surface area contributed by atoms with Crippen molar-refractivity contribution in [3.05, 3.63) is 23.4 Å². The Morgan fingerprint density at radius 1 is 1.43 bits per heavy atom. The maximum absolute atomic E-state index is 12.6. The van der Waals surface area contributed by atoms with Crippen LogP contribution in [0.1, 0.15) is 35.8 Å². The molecule has 0 bridgehead atoms. The highest BCUT2D eigenvalue weighted by molar-refractivity contribution is 5.95. The van der Waals surface area contributed by atoms with Crippen molar-refractivity contribution in [2.45, 2.75) is 38.4 Å². The number of carbonyl (C=O) groups excluding carboxylic acids is 1. The van der Waals surface area contributed by atoms with Crippen molar-refractivity contribution in [3.8, 4) is 0 Å². The third-order valence-corrected chi connectivity index (χ3v) is 3.34. The van der Waals surface area contributed by atoms with Gasteiger partial charge in [0.25, 0.3) is 5.91 Å². The zero-order valence-electron chi connectivity index (χ0n) is 12.0. The molecular formula is C14H18F3N3O. The van der Waals surface area contributed by atoms with Crippen LogP contribution in [0, 0.1) is 0 Å². The number of rotatable bonds is 5. The van der Waals surface area contributed by atoms with Gasteiger partial charge in [-0.05, 0) is 31.4 Å². The van der Waals surface area contributed by atoms with Crippen molar-refractivity contribution in [2.24, 2.45) is 0 Å². The quantitative estimate of drug-likeness (QED) is 0.909. The zero-order chi connectivity index (χ0) is 15.6. The average molecular weight is 301 g/mol. The van der Waals surface area contributed by atoms with E-state index < -0.39 is 18.6 Å². The predicted molar refractivity (Wildman–Crippen MR) is 73.3 cm³/mol. The Hall–Kier alpha value is -1.79. The van der Waals surface area contributed by atoms with Crippen LogP contribution in [0.15, 0.2) is 12.1 Å². The fourth-order valence-electron chi connectivity index (χ4n) is 2.13. The molecule has 1 heterocycles. The van der Waals surface area contributed by atoms with Crippen LogP contribution in [0.3, 0.4) is 0 Å². The van der Waals surface area contributed by atoms with Crippen molar-refractivity contribution in [3.63, 3.8) is 0 Å². The Morgan fingerprint density at radius 2 is 2.10 bits per heavy atom. The maximum atomic E-state index is 12.6. The summed E-state index contributed by atoms with van der Waals surface area (Å²) in [5.74, 6) is -0.0936. The maximum Gasteiger partial charge on any atom is 0.406 e. The van der Waals surface area contributed by atoms with E-state index in [-0.39, 0.29) is 11.6 Å². The highest BCUT2D eigenvalue weighted by Crippen LogP contribution is 2.31. The van der Waals surface area contributed by atoms with E-state index in [4.69, 9.17) is 0 Å². The molecule has 1 aromatic rings. The number of carbonyl (C=O) groups is 1. The first-order valence-electron chi connectivity index (χ1n) is 6.90. The minimum Gasteiger partial charge on any atom is -0.373 e. The summed E-state index contributed by atoms with van der Waals surface area (Å²) in [4.78, 5) is 17.6. The zero-order valence-corrected chi connectivity index (χ0v) is 12.0. The predicted octanol–water partition coefficient (Wildman–Crippen LogP) is 2.85. The first-order chi connectivity index (χ1) is 9.84. The molecule has 1 amide bonds. The SMILES string of the molecule is CCc1cc(C(=O)N(CC(F)(F)F)C2CC2)cc(NC)n1. The number of nitrogens with zero attached hydrogens (tertiary/aromatic N) is 2. The Bertz CT molecular complexity index is 504. The fraction of sp³-hybridized carbons (Fsp3) is 0.571. The highest BCUT2D eigenvalue weighted by Gasteiger charge is 2.41. The van der Waals surface area contributed by atoms with E-state index in [0.717, 1.165) is 4.90 Å². The van der Waals surface area contributed by atoms with E-state index in [0.29, 0.717) is 30.8 Å². The molecular weight excluding hydrogens is 283 g/mol. The number of aromatic nitrogens is 1. The van der Waals surface area contributed by atoms with Gasteiger partial charge in [0.15, 0.2) is 0 Å². The van der Waals surface area contributed by atoms with Gasteiger partial charge < -0.3 is 10.2 Å². The van der Waals surface area contributed by atoms with Crippen molar-refractivity contribution >= 4 is 11.7 Å². The lowest BCUT2D eigenvalue weighted by Crippen LogP contribution is -2.40. The van der Waals surface area contributed by atoms with Gasteiger partial charge >= 0.3 is 6.18 Å². The van der Waals surface area contributed by atoms with E-state index in [9.17, 15) is 18.0 Å². The Kier molecular flexibility index (Phi) is 4.39. The van der Waals surface area contributed by atoms with Gasteiger partial charge in [-0.1, -0.05) is 6.92 Å². The molecule has 0 saturated heterocycles. The molecule has 21 heavy (non-hydrogen) atoms. The third-order valence-electron chi connectivity index (χ3n) is 3.34. The van der Waals surface area contributed by atoms with E-state index in [1.165, 1.54) is 6.07 Å². The fourth-order valence-corrected chi connectivity index (χ4v) is 2.13. The molecule has 0 radical (unpaired) electrons. The van der Waals surface area contributed by atoms with Crippen LogP contribution in [0.4, 0.5) is 19.0 Å². The van der Waals surface area contributed by atoms with Gasteiger partial charge in [-0.2, -0.15) is 13.2 Å². The standard InChI is InChI=1S/C14H18F3N3O/c1-3-10-6-9(7-12(18-2)19-10)13(21)20(11-4-5-11)8-14(15,16)17/h6-7,11H,3-5,8H2,1-2H3,(H,18,19). The number of hydrogen-bond donors (Lipinski definition) is 1. The third kappa shape index (κ3) is 4.09. The summed E-state index contributed by atoms with van der Waals surface area (Å²) in [7, 11) is 1.66. The summed E-state index contributed by atoms with van der Waals surface area (Å²) >= 11 is 0. The number of nitrogens with one attached hydrogen (secondary N) is 1. The van der Waals surface area contributed by atoms with Gasteiger partial charge in [-0.3, -0.25) is 4.79 Å². The summed E-state index contributed by atoms with van der Waals surface area (Å²) in [6.45, 7) is 0.680. The molecule has 0 spiro atoms. The summed E-state index contributed by atoms with van der Waals surface area (Å²) in [5.41, 5.74) is 0.926. The van der Waals surface area contributed by atoms with Crippen LogP contribution < -0.4 is 5.32 Å². The summed E-state index contributed by atoms with van der Waals surface area (Å²) in [5, 5.41) is 2.82. The molecule has 0 atom stereocenters. The molecule has 116 valence electrons. The monoisotopic (exact) mass is 301 g/mol. The lowest BCUT2D eigenvalue weighted by atomic mass is 10.1. The number of amides is 1. The largest absolute Gasteiger partial charge is 0.406 e. The van der Waals surface area contributed by atoms with Crippen molar-refractivity contribution < 1.29 is 18.0 Å². The van der Waals surface area contributed by atoms with Crippen LogP contribution in [0.25, 0.3) is 0 Å². The summed E-state index contributed by atoms with van der Waals surface area (Å²) in [6.07, 6.45) is -2.51. The Balaban J connectivity index is 2.28. The molecule has 2 rings (SSSR count).